The van der Waals surface area contributed by atoms with E-state index in [9.17, 15) is 0 Å². The first kappa shape index (κ1) is 14.4. The quantitative estimate of drug-likeness (QED) is 0.881. The highest BCUT2D eigenvalue weighted by Gasteiger charge is 2.14. The Balaban J connectivity index is 1.71. The molecule has 0 aliphatic carbocycles. The van der Waals surface area contributed by atoms with E-state index >= 15 is 0 Å². The van der Waals surface area contributed by atoms with Crippen LogP contribution in [0.5, 0.6) is 5.75 Å². The van der Waals surface area contributed by atoms with Crippen LogP contribution in [0, 0.1) is 0 Å². The van der Waals surface area contributed by atoms with Crippen LogP contribution in [0.2, 0.25) is 0 Å². The maximum absolute atomic E-state index is 5.79. The summed E-state index contributed by atoms with van der Waals surface area (Å²) in [5.74, 6) is 0.976. The molecule has 0 spiro atoms. The highest BCUT2D eigenvalue weighted by atomic mass is 16.5. The minimum Gasteiger partial charge on any atom is -0.493 e. The predicted molar refractivity (Wildman–Crippen MR) is 85.8 cm³/mol. The number of nitrogens with one attached hydrogen (secondary N) is 1. The molecule has 2 aromatic carbocycles. The van der Waals surface area contributed by atoms with Gasteiger partial charge in [0.25, 0.3) is 0 Å². The number of hydrogen-bond acceptors (Lipinski definition) is 3. The van der Waals surface area contributed by atoms with Crippen LogP contribution in [0.1, 0.15) is 25.3 Å². The summed E-state index contributed by atoms with van der Waals surface area (Å²) in [6.45, 7) is 5.41. The largest absolute Gasteiger partial charge is 0.493 e. The van der Waals surface area contributed by atoms with Gasteiger partial charge in [0.05, 0.1) is 12.7 Å². The van der Waals surface area contributed by atoms with Gasteiger partial charge in [0.1, 0.15) is 5.75 Å². The number of fused-ring (bicyclic) bond motifs is 1. The van der Waals surface area contributed by atoms with Gasteiger partial charge in [-0.3, -0.25) is 0 Å². The zero-order chi connectivity index (χ0) is 14.5. The molecule has 0 aromatic heterocycles. The lowest BCUT2D eigenvalue weighted by molar-refractivity contribution is 0.110. The fourth-order valence-corrected chi connectivity index (χ4v) is 2.89. The Morgan fingerprint density at radius 1 is 1.29 bits per heavy atom. The smallest absolute Gasteiger partial charge is 0.127 e. The minimum absolute atomic E-state index is 0.386. The number of rotatable bonds is 6. The van der Waals surface area contributed by atoms with Crippen molar-refractivity contribution in [1.82, 2.24) is 5.32 Å². The van der Waals surface area contributed by atoms with Gasteiger partial charge >= 0.3 is 0 Å². The molecular weight excluding hydrogens is 262 g/mol. The van der Waals surface area contributed by atoms with Crippen LogP contribution >= 0.6 is 0 Å². The van der Waals surface area contributed by atoms with E-state index in [2.05, 4.69) is 41.7 Å². The maximum atomic E-state index is 5.79. The van der Waals surface area contributed by atoms with E-state index in [1.807, 2.05) is 6.92 Å². The normalized spacial score (nSPS) is 18.2. The van der Waals surface area contributed by atoms with Gasteiger partial charge in [-0.15, -0.1) is 0 Å². The van der Waals surface area contributed by atoms with Gasteiger partial charge in [-0.25, -0.2) is 0 Å². The van der Waals surface area contributed by atoms with E-state index in [1.54, 1.807) is 0 Å². The Kier molecular flexibility index (Phi) is 4.73. The van der Waals surface area contributed by atoms with Gasteiger partial charge in [0.15, 0.2) is 0 Å². The third-order valence-corrected chi connectivity index (χ3v) is 3.91. The molecule has 0 saturated carbocycles. The van der Waals surface area contributed by atoms with Crippen LogP contribution in [0.3, 0.4) is 0 Å². The molecule has 0 unspecified atom stereocenters. The highest BCUT2D eigenvalue weighted by Crippen LogP contribution is 2.27. The first-order chi connectivity index (χ1) is 10.4. The molecule has 0 amide bonds. The summed E-state index contributed by atoms with van der Waals surface area (Å²) in [6.07, 6.45) is 2.75. The van der Waals surface area contributed by atoms with E-state index in [0.29, 0.717) is 12.7 Å². The third-order valence-electron chi connectivity index (χ3n) is 3.91. The molecule has 1 fully saturated rings. The summed E-state index contributed by atoms with van der Waals surface area (Å²) in [7, 11) is 0. The van der Waals surface area contributed by atoms with Crippen LogP contribution in [0.25, 0.3) is 10.8 Å². The molecular formula is C18H23NO2. The van der Waals surface area contributed by atoms with Crippen molar-refractivity contribution in [3.8, 4) is 5.75 Å². The fourth-order valence-electron chi connectivity index (χ4n) is 2.89. The number of ether oxygens (including phenoxy) is 2. The molecule has 3 heteroatoms. The van der Waals surface area contributed by atoms with Crippen molar-refractivity contribution < 1.29 is 9.47 Å². The van der Waals surface area contributed by atoms with Crippen LogP contribution in [0.4, 0.5) is 0 Å². The summed E-state index contributed by atoms with van der Waals surface area (Å²) >= 11 is 0. The van der Waals surface area contributed by atoms with Crippen LogP contribution in [-0.2, 0) is 11.3 Å². The standard InChI is InChI=1S/C18H23NO2/c1-2-20-18-11-14(10-15-6-3-4-8-17(15)18)12-19-13-16-7-5-9-21-16/h3-4,6,8,10-11,16,19H,2,5,7,9,12-13H2,1H3/t16-/m1/s1. The molecule has 2 aromatic rings. The summed E-state index contributed by atoms with van der Waals surface area (Å²) in [6, 6.07) is 12.8. The Hall–Kier alpha value is -1.58. The summed E-state index contributed by atoms with van der Waals surface area (Å²) in [4.78, 5) is 0. The first-order valence-corrected chi connectivity index (χ1v) is 7.83. The Morgan fingerprint density at radius 3 is 3.00 bits per heavy atom. The van der Waals surface area contributed by atoms with Gasteiger partial charge in [0.2, 0.25) is 0 Å². The second-order valence-electron chi connectivity index (χ2n) is 5.51. The van der Waals surface area contributed by atoms with Gasteiger partial charge in [-0.2, -0.15) is 0 Å². The second kappa shape index (κ2) is 6.92. The SMILES string of the molecule is CCOc1cc(CNC[C@H]2CCCO2)cc2ccccc12. The maximum Gasteiger partial charge on any atom is 0.127 e. The van der Waals surface area contributed by atoms with Crippen LogP contribution < -0.4 is 10.1 Å². The Bertz CT molecular complexity index is 591. The molecule has 3 rings (SSSR count). The van der Waals surface area contributed by atoms with E-state index < -0.39 is 0 Å². The zero-order valence-corrected chi connectivity index (χ0v) is 12.6. The van der Waals surface area contributed by atoms with Gasteiger partial charge in [0, 0.05) is 25.1 Å². The average Bonchev–Trinajstić information content (AvgIpc) is 3.01. The van der Waals surface area contributed by atoms with Gasteiger partial charge in [-0.1, -0.05) is 24.3 Å². The van der Waals surface area contributed by atoms with Gasteiger partial charge < -0.3 is 14.8 Å². The number of benzene rings is 2. The Labute approximate surface area is 126 Å². The van der Waals surface area contributed by atoms with Crippen LogP contribution in [0.15, 0.2) is 36.4 Å². The second-order valence-corrected chi connectivity index (χ2v) is 5.51. The molecule has 112 valence electrons. The van der Waals surface area contributed by atoms with E-state index in [-0.39, 0.29) is 0 Å². The summed E-state index contributed by atoms with van der Waals surface area (Å²) in [5.41, 5.74) is 1.26. The molecule has 1 aliphatic rings. The van der Waals surface area contributed by atoms with Crippen molar-refractivity contribution in [2.45, 2.75) is 32.4 Å². The average molecular weight is 285 g/mol. The summed E-state index contributed by atoms with van der Waals surface area (Å²) < 4.78 is 11.4. The molecule has 1 N–H and O–H groups in total. The van der Waals surface area contributed by atoms with E-state index in [4.69, 9.17) is 9.47 Å². The van der Waals surface area contributed by atoms with Crippen LogP contribution in [-0.4, -0.2) is 25.9 Å². The third kappa shape index (κ3) is 3.55. The number of hydrogen-bond donors (Lipinski definition) is 1. The minimum atomic E-state index is 0.386. The van der Waals surface area contributed by atoms with E-state index in [0.717, 1.165) is 25.4 Å². The molecule has 1 saturated heterocycles. The lowest BCUT2D eigenvalue weighted by Crippen LogP contribution is -2.25. The molecule has 0 bridgehead atoms. The van der Waals surface area contributed by atoms with Crippen molar-refractivity contribution in [2.75, 3.05) is 19.8 Å². The van der Waals surface area contributed by atoms with Crippen molar-refractivity contribution in [1.29, 1.82) is 0 Å². The first-order valence-electron chi connectivity index (χ1n) is 7.83. The van der Waals surface area contributed by atoms with Crippen molar-refractivity contribution in [2.24, 2.45) is 0 Å². The zero-order valence-electron chi connectivity index (χ0n) is 12.6. The molecule has 21 heavy (non-hydrogen) atoms. The van der Waals surface area contributed by atoms with Crippen molar-refractivity contribution in [3.63, 3.8) is 0 Å². The predicted octanol–water partition coefficient (Wildman–Crippen LogP) is 3.51. The Morgan fingerprint density at radius 2 is 2.19 bits per heavy atom. The molecule has 1 atom stereocenters. The van der Waals surface area contributed by atoms with Crippen molar-refractivity contribution in [3.05, 3.63) is 42.0 Å². The molecule has 1 aliphatic heterocycles. The van der Waals surface area contributed by atoms with Gasteiger partial charge in [-0.05, 0) is 42.8 Å². The van der Waals surface area contributed by atoms with E-state index in [1.165, 1.54) is 29.2 Å². The topological polar surface area (TPSA) is 30.5 Å². The fraction of sp³-hybridized carbons (Fsp3) is 0.444. The van der Waals surface area contributed by atoms with Crippen molar-refractivity contribution >= 4 is 10.8 Å². The highest BCUT2D eigenvalue weighted by molar-refractivity contribution is 5.89. The monoisotopic (exact) mass is 285 g/mol. The molecule has 0 radical (unpaired) electrons. The molecule has 3 nitrogen and oxygen atoms in total. The summed E-state index contributed by atoms with van der Waals surface area (Å²) in [5, 5.41) is 5.91. The lowest BCUT2D eigenvalue weighted by Gasteiger charge is -2.13. The lowest BCUT2D eigenvalue weighted by atomic mass is 10.1. The molecule has 1 heterocycles.